The highest BCUT2D eigenvalue weighted by Gasteiger charge is 2.34. The highest BCUT2D eigenvalue weighted by Crippen LogP contribution is 2.41. The van der Waals surface area contributed by atoms with Crippen molar-refractivity contribution in [2.24, 2.45) is 5.92 Å². The van der Waals surface area contributed by atoms with Gasteiger partial charge >= 0.3 is 0 Å². The molecule has 0 saturated heterocycles. The van der Waals surface area contributed by atoms with Gasteiger partial charge in [0.25, 0.3) is 5.91 Å². The lowest BCUT2D eigenvalue weighted by molar-refractivity contribution is 0.0883. The Morgan fingerprint density at radius 2 is 2.16 bits per heavy atom. The van der Waals surface area contributed by atoms with Crippen LogP contribution in [-0.4, -0.2) is 28.6 Å². The van der Waals surface area contributed by atoms with Gasteiger partial charge in [-0.3, -0.25) is 4.79 Å². The number of carbonyl (C=O) groups is 1. The summed E-state index contributed by atoms with van der Waals surface area (Å²) in [4.78, 5) is 16.3. The van der Waals surface area contributed by atoms with E-state index in [1.807, 2.05) is 0 Å². The number of aliphatic hydroxyl groups excluding tert-OH is 1. The number of rotatable bonds is 5. The van der Waals surface area contributed by atoms with Crippen LogP contribution in [0.15, 0.2) is 10.8 Å². The molecule has 1 amide bonds. The van der Waals surface area contributed by atoms with Crippen molar-refractivity contribution < 1.29 is 14.3 Å². The van der Waals surface area contributed by atoms with E-state index in [4.69, 9.17) is 4.42 Å². The molecule has 1 unspecified atom stereocenters. The Morgan fingerprint density at radius 3 is 2.79 bits per heavy atom. The number of hydrogen-bond acceptors (Lipinski definition) is 4. The Labute approximate surface area is 112 Å². The first-order valence-corrected chi connectivity index (χ1v) is 7.14. The summed E-state index contributed by atoms with van der Waals surface area (Å²) in [5.41, 5.74) is 0.402. The third-order valence-corrected chi connectivity index (χ3v) is 4.24. The first kappa shape index (κ1) is 12.7. The first-order valence-electron chi connectivity index (χ1n) is 7.14. The molecular weight excluding hydrogens is 244 g/mol. The zero-order valence-electron chi connectivity index (χ0n) is 11.0. The molecular formula is C14H20N2O3. The molecule has 0 aliphatic heterocycles. The van der Waals surface area contributed by atoms with Gasteiger partial charge in [-0.25, -0.2) is 4.98 Å². The van der Waals surface area contributed by atoms with Crippen LogP contribution in [0, 0.1) is 5.92 Å². The Hall–Kier alpha value is -1.36. The smallest absolute Gasteiger partial charge is 0.273 e. The van der Waals surface area contributed by atoms with Gasteiger partial charge in [-0.1, -0.05) is 12.8 Å². The minimum absolute atomic E-state index is 0.00692. The zero-order valence-corrected chi connectivity index (χ0v) is 11.0. The van der Waals surface area contributed by atoms with E-state index in [2.05, 4.69) is 10.3 Å². The van der Waals surface area contributed by atoms with E-state index < -0.39 is 0 Å². The SMILES string of the molecule is O=C(NC(CO)C1CCCC1)c1ncoc1C1CC1. The molecule has 2 saturated carbocycles. The predicted molar refractivity (Wildman–Crippen MR) is 68.8 cm³/mol. The van der Waals surface area contributed by atoms with Gasteiger partial charge in [0.15, 0.2) is 12.1 Å². The number of carbonyl (C=O) groups excluding carboxylic acids is 1. The molecule has 2 aliphatic rings. The minimum Gasteiger partial charge on any atom is -0.447 e. The summed E-state index contributed by atoms with van der Waals surface area (Å²) in [6.45, 7) is -0.00692. The molecule has 104 valence electrons. The van der Waals surface area contributed by atoms with Gasteiger partial charge in [0, 0.05) is 5.92 Å². The fraction of sp³-hybridized carbons (Fsp3) is 0.714. The summed E-state index contributed by atoms with van der Waals surface area (Å²) in [6, 6.07) is -0.154. The number of oxazole rings is 1. The van der Waals surface area contributed by atoms with E-state index in [1.165, 1.54) is 19.2 Å². The van der Waals surface area contributed by atoms with Gasteiger partial charge in [0.05, 0.1) is 12.6 Å². The third kappa shape index (κ3) is 2.66. The molecule has 2 fully saturated rings. The lowest BCUT2D eigenvalue weighted by Crippen LogP contribution is -2.42. The molecule has 2 N–H and O–H groups in total. The fourth-order valence-corrected chi connectivity index (χ4v) is 2.97. The van der Waals surface area contributed by atoms with Crippen LogP contribution in [0.3, 0.4) is 0 Å². The monoisotopic (exact) mass is 264 g/mol. The molecule has 1 aromatic rings. The van der Waals surface area contributed by atoms with Gasteiger partial charge in [-0.05, 0) is 31.6 Å². The average Bonchev–Trinajstić information content (AvgIpc) is 2.96. The normalized spacial score (nSPS) is 21.5. The van der Waals surface area contributed by atoms with Crippen LogP contribution in [-0.2, 0) is 0 Å². The van der Waals surface area contributed by atoms with Crippen molar-refractivity contribution in [3.8, 4) is 0 Å². The highest BCUT2D eigenvalue weighted by atomic mass is 16.3. The Bertz CT molecular complexity index is 447. The van der Waals surface area contributed by atoms with Crippen LogP contribution in [0.1, 0.15) is 60.7 Å². The number of nitrogens with one attached hydrogen (secondary N) is 1. The largest absolute Gasteiger partial charge is 0.447 e. The second-order valence-electron chi connectivity index (χ2n) is 5.65. The van der Waals surface area contributed by atoms with Crippen molar-refractivity contribution in [1.82, 2.24) is 10.3 Å². The number of nitrogens with zero attached hydrogens (tertiary/aromatic N) is 1. The summed E-state index contributed by atoms with van der Waals surface area (Å²) < 4.78 is 5.32. The Balaban J connectivity index is 1.67. The van der Waals surface area contributed by atoms with Crippen LogP contribution in [0.5, 0.6) is 0 Å². The van der Waals surface area contributed by atoms with Crippen molar-refractivity contribution in [1.29, 1.82) is 0 Å². The second-order valence-corrected chi connectivity index (χ2v) is 5.65. The maximum atomic E-state index is 12.2. The molecule has 5 heteroatoms. The summed E-state index contributed by atoms with van der Waals surface area (Å²) in [5.74, 6) is 1.26. The van der Waals surface area contributed by atoms with E-state index in [1.54, 1.807) is 0 Å². The maximum absolute atomic E-state index is 12.2. The van der Waals surface area contributed by atoms with Crippen molar-refractivity contribution in [3.05, 3.63) is 17.8 Å². The molecule has 0 spiro atoms. The summed E-state index contributed by atoms with van der Waals surface area (Å²) in [5, 5.41) is 12.4. The number of aliphatic hydroxyl groups is 1. The van der Waals surface area contributed by atoms with Gasteiger partial charge in [-0.2, -0.15) is 0 Å². The molecule has 0 aromatic carbocycles. The van der Waals surface area contributed by atoms with E-state index >= 15 is 0 Å². The summed E-state index contributed by atoms with van der Waals surface area (Å²) >= 11 is 0. The third-order valence-electron chi connectivity index (χ3n) is 4.24. The molecule has 0 bridgehead atoms. The van der Waals surface area contributed by atoms with Crippen LogP contribution in [0.2, 0.25) is 0 Å². The predicted octanol–water partition coefficient (Wildman–Crippen LogP) is 1.83. The van der Waals surface area contributed by atoms with Gasteiger partial charge in [0.1, 0.15) is 5.76 Å². The van der Waals surface area contributed by atoms with Crippen molar-refractivity contribution in [2.45, 2.75) is 50.5 Å². The van der Waals surface area contributed by atoms with Crippen molar-refractivity contribution in [2.75, 3.05) is 6.61 Å². The van der Waals surface area contributed by atoms with E-state index in [9.17, 15) is 9.90 Å². The van der Waals surface area contributed by atoms with Crippen LogP contribution < -0.4 is 5.32 Å². The van der Waals surface area contributed by atoms with E-state index in [0.717, 1.165) is 25.7 Å². The number of hydrogen-bond donors (Lipinski definition) is 2. The lowest BCUT2D eigenvalue weighted by Gasteiger charge is -2.22. The Morgan fingerprint density at radius 1 is 1.42 bits per heavy atom. The topological polar surface area (TPSA) is 75.4 Å². The fourth-order valence-electron chi connectivity index (χ4n) is 2.97. The summed E-state index contributed by atoms with van der Waals surface area (Å²) in [7, 11) is 0. The van der Waals surface area contributed by atoms with Gasteiger partial charge in [0.2, 0.25) is 0 Å². The van der Waals surface area contributed by atoms with Crippen molar-refractivity contribution in [3.63, 3.8) is 0 Å². The van der Waals surface area contributed by atoms with Crippen molar-refractivity contribution >= 4 is 5.91 Å². The van der Waals surface area contributed by atoms with Crippen LogP contribution in [0.25, 0.3) is 0 Å². The molecule has 19 heavy (non-hydrogen) atoms. The minimum atomic E-state index is -0.207. The number of aromatic nitrogens is 1. The summed E-state index contributed by atoms with van der Waals surface area (Å²) in [6.07, 6.45) is 8.03. The maximum Gasteiger partial charge on any atom is 0.273 e. The quantitative estimate of drug-likeness (QED) is 0.850. The second kappa shape index (κ2) is 5.33. The molecule has 1 heterocycles. The van der Waals surface area contributed by atoms with E-state index in [0.29, 0.717) is 23.3 Å². The van der Waals surface area contributed by atoms with E-state index in [-0.39, 0.29) is 18.6 Å². The lowest BCUT2D eigenvalue weighted by atomic mass is 9.98. The van der Waals surface area contributed by atoms with Crippen LogP contribution in [0.4, 0.5) is 0 Å². The average molecular weight is 264 g/mol. The first-order chi connectivity index (χ1) is 9.29. The van der Waals surface area contributed by atoms with Gasteiger partial charge in [-0.15, -0.1) is 0 Å². The molecule has 3 rings (SSSR count). The highest BCUT2D eigenvalue weighted by molar-refractivity contribution is 5.93. The van der Waals surface area contributed by atoms with Gasteiger partial charge < -0.3 is 14.8 Å². The molecule has 2 aliphatic carbocycles. The van der Waals surface area contributed by atoms with Crippen LogP contribution >= 0.6 is 0 Å². The Kier molecular flexibility index (Phi) is 3.55. The zero-order chi connectivity index (χ0) is 13.2. The number of amides is 1. The standard InChI is InChI=1S/C14H20N2O3/c17-7-11(9-3-1-2-4-9)16-14(18)12-13(10-5-6-10)19-8-15-12/h8-11,17H,1-7H2,(H,16,18). The molecule has 1 atom stereocenters. The molecule has 0 radical (unpaired) electrons. The molecule has 5 nitrogen and oxygen atoms in total. The molecule has 1 aromatic heterocycles.